The van der Waals surface area contributed by atoms with Crippen LogP contribution in [-0.2, 0) is 0 Å². The van der Waals surface area contributed by atoms with Crippen molar-refractivity contribution in [3.05, 3.63) is 35.4 Å². The molecule has 4 heteroatoms. The van der Waals surface area contributed by atoms with Crippen LogP contribution in [0.15, 0.2) is 18.2 Å². The summed E-state index contributed by atoms with van der Waals surface area (Å²) in [6, 6.07) is 3.85. The average Bonchev–Trinajstić information content (AvgIpc) is 3.00. The highest BCUT2D eigenvalue weighted by Crippen LogP contribution is 2.37. The second-order valence-corrected chi connectivity index (χ2v) is 4.84. The summed E-state index contributed by atoms with van der Waals surface area (Å²) in [6.45, 7) is 3.48. The molecule has 3 atom stereocenters. The second-order valence-electron chi connectivity index (χ2n) is 4.84. The molecule has 1 fully saturated rings. The number of nitrogens with two attached hydrogens (primary N) is 1. The lowest BCUT2D eigenvalue weighted by Gasteiger charge is -2.17. The van der Waals surface area contributed by atoms with Gasteiger partial charge in [0.15, 0.2) is 11.6 Å². The van der Waals surface area contributed by atoms with E-state index in [0.717, 1.165) is 18.5 Å². The van der Waals surface area contributed by atoms with Crippen LogP contribution < -0.4 is 11.1 Å². The van der Waals surface area contributed by atoms with Gasteiger partial charge in [-0.05, 0) is 42.5 Å². The maximum Gasteiger partial charge on any atom is 0.159 e. The molecule has 0 aromatic heterocycles. The van der Waals surface area contributed by atoms with Crippen LogP contribution in [0.2, 0.25) is 0 Å². The molecule has 3 N–H and O–H groups in total. The fourth-order valence-corrected chi connectivity index (χ4v) is 2.04. The normalized spacial score (nSPS) is 24.7. The van der Waals surface area contributed by atoms with Crippen LogP contribution in [0.25, 0.3) is 0 Å². The first kappa shape index (κ1) is 12.5. The van der Waals surface area contributed by atoms with Gasteiger partial charge < -0.3 is 11.1 Å². The quantitative estimate of drug-likeness (QED) is 0.828. The van der Waals surface area contributed by atoms with Crippen LogP contribution >= 0.6 is 0 Å². The van der Waals surface area contributed by atoms with Crippen LogP contribution in [0.3, 0.4) is 0 Å². The molecule has 0 radical (unpaired) electrons. The van der Waals surface area contributed by atoms with E-state index < -0.39 is 11.6 Å². The summed E-state index contributed by atoms with van der Waals surface area (Å²) < 4.78 is 25.9. The number of halogens is 2. The Kier molecular flexibility index (Phi) is 3.74. The summed E-state index contributed by atoms with van der Waals surface area (Å²) in [6.07, 6.45) is 1.24. The predicted molar refractivity (Wildman–Crippen MR) is 63.4 cm³/mol. The van der Waals surface area contributed by atoms with Gasteiger partial charge in [0.25, 0.3) is 0 Å². The van der Waals surface area contributed by atoms with Gasteiger partial charge in [0.2, 0.25) is 0 Å². The van der Waals surface area contributed by atoms with Crippen molar-refractivity contribution in [3.8, 4) is 0 Å². The molecule has 0 amide bonds. The summed E-state index contributed by atoms with van der Waals surface area (Å²) in [5.74, 6) is -0.164. The molecule has 94 valence electrons. The first-order chi connectivity index (χ1) is 8.11. The van der Waals surface area contributed by atoms with E-state index in [9.17, 15) is 8.78 Å². The van der Waals surface area contributed by atoms with Crippen LogP contribution in [-0.4, -0.2) is 13.1 Å². The molecule has 0 spiro atoms. The van der Waals surface area contributed by atoms with Crippen molar-refractivity contribution >= 4 is 0 Å². The molecule has 3 unspecified atom stereocenters. The van der Waals surface area contributed by atoms with Crippen LogP contribution in [0.1, 0.15) is 24.9 Å². The van der Waals surface area contributed by atoms with Crippen molar-refractivity contribution in [3.63, 3.8) is 0 Å². The Hall–Kier alpha value is -1.00. The SMILES string of the molecule is CC1CC1CNC(CN)c1ccc(F)c(F)c1. The molecule has 1 aliphatic rings. The molecule has 0 bridgehead atoms. The van der Waals surface area contributed by atoms with Gasteiger partial charge in [0.1, 0.15) is 0 Å². The molecular weight excluding hydrogens is 222 g/mol. The van der Waals surface area contributed by atoms with E-state index in [1.807, 2.05) is 0 Å². The van der Waals surface area contributed by atoms with Crippen molar-refractivity contribution in [2.45, 2.75) is 19.4 Å². The molecule has 17 heavy (non-hydrogen) atoms. The van der Waals surface area contributed by atoms with E-state index >= 15 is 0 Å². The topological polar surface area (TPSA) is 38.0 Å². The van der Waals surface area contributed by atoms with Crippen molar-refractivity contribution in [1.82, 2.24) is 5.32 Å². The summed E-state index contributed by atoms with van der Waals surface area (Å²) >= 11 is 0. The van der Waals surface area contributed by atoms with Crippen LogP contribution in [0, 0.1) is 23.5 Å². The molecule has 1 aromatic carbocycles. The summed E-state index contributed by atoms with van der Waals surface area (Å²) in [5.41, 5.74) is 6.36. The lowest BCUT2D eigenvalue weighted by molar-refractivity contribution is 0.488. The Balaban J connectivity index is 1.98. The summed E-state index contributed by atoms with van der Waals surface area (Å²) in [4.78, 5) is 0. The van der Waals surface area contributed by atoms with E-state index in [0.29, 0.717) is 18.0 Å². The monoisotopic (exact) mass is 240 g/mol. The van der Waals surface area contributed by atoms with Crippen molar-refractivity contribution < 1.29 is 8.78 Å². The first-order valence-electron chi connectivity index (χ1n) is 6.00. The van der Waals surface area contributed by atoms with Crippen molar-refractivity contribution in [1.29, 1.82) is 0 Å². The highest BCUT2D eigenvalue weighted by molar-refractivity contribution is 5.21. The van der Waals surface area contributed by atoms with E-state index in [4.69, 9.17) is 5.73 Å². The lowest BCUT2D eigenvalue weighted by atomic mass is 10.1. The van der Waals surface area contributed by atoms with Crippen LogP contribution in [0.4, 0.5) is 8.78 Å². The zero-order valence-electron chi connectivity index (χ0n) is 9.92. The number of hydrogen-bond donors (Lipinski definition) is 2. The van der Waals surface area contributed by atoms with Crippen molar-refractivity contribution in [2.75, 3.05) is 13.1 Å². The first-order valence-corrected chi connectivity index (χ1v) is 6.00. The van der Waals surface area contributed by atoms with Gasteiger partial charge in [-0.2, -0.15) is 0 Å². The zero-order chi connectivity index (χ0) is 12.4. The third-order valence-corrected chi connectivity index (χ3v) is 3.48. The Morgan fingerprint density at radius 3 is 2.65 bits per heavy atom. The number of nitrogens with one attached hydrogen (secondary N) is 1. The minimum absolute atomic E-state index is 0.0992. The molecule has 2 nitrogen and oxygen atoms in total. The standard InChI is InChI=1S/C13H18F2N2/c1-8-4-10(8)7-17-13(6-16)9-2-3-11(14)12(15)5-9/h2-3,5,8,10,13,17H,4,6-7,16H2,1H3. The lowest BCUT2D eigenvalue weighted by Crippen LogP contribution is -2.30. The molecule has 1 aliphatic carbocycles. The highest BCUT2D eigenvalue weighted by Gasteiger charge is 2.32. The number of benzene rings is 1. The third kappa shape index (κ3) is 3.01. The molecule has 0 heterocycles. The Morgan fingerprint density at radius 1 is 1.41 bits per heavy atom. The third-order valence-electron chi connectivity index (χ3n) is 3.48. The Labute approximate surface area is 100 Å². The molecule has 2 rings (SSSR count). The number of hydrogen-bond acceptors (Lipinski definition) is 2. The maximum atomic E-state index is 13.1. The van der Waals surface area contributed by atoms with Crippen molar-refractivity contribution in [2.24, 2.45) is 17.6 Å². The van der Waals surface area contributed by atoms with Gasteiger partial charge in [-0.15, -0.1) is 0 Å². The largest absolute Gasteiger partial charge is 0.329 e. The number of rotatable bonds is 5. The van der Waals surface area contributed by atoms with E-state index in [2.05, 4.69) is 12.2 Å². The zero-order valence-corrected chi connectivity index (χ0v) is 9.92. The smallest absolute Gasteiger partial charge is 0.159 e. The van der Waals surface area contributed by atoms with Gasteiger partial charge in [-0.3, -0.25) is 0 Å². The van der Waals surface area contributed by atoms with Gasteiger partial charge >= 0.3 is 0 Å². The van der Waals surface area contributed by atoms with E-state index in [1.165, 1.54) is 12.5 Å². The van der Waals surface area contributed by atoms with E-state index in [-0.39, 0.29) is 6.04 Å². The van der Waals surface area contributed by atoms with Crippen LogP contribution in [0.5, 0.6) is 0 Å². The van der Waals surface area contributed by atoms with E-state index in [1.54, 1.807) is 6.07 Å². The minimum atomic E-state index is -0.819. The molecule has 0 aliphatic heterocycles. The fraction of sp³-hybridized carbons (Fsp3) is 0.538. The Bertz CT molecular complexity index is 395. The predicted octanol–water partition coefficient (Wildman–Crippen LogP) is 2.21. The summed E-state index contributed by atoms with van der Waals surface area (Å²) in [5, 5.41) is 3.31. The van der Waals surface area contributed by atoms with Gasteiger partial charge in [0.05, 0.1) is 0 Å². The maximum absolute atomic E-state index is 13.1. The molecule has 1 aromatic rings. The summed E-state index contributed by atoms with van der Waals surface area (Å²) in [7, 11) is 0. The fourth-order valence-electron chi connectivity index (χ4n) is 2.04. The highest BCUT2D eigenvalue weighted by atomic mass is 19.2. The average molecular weight is 240 g/mol. The van der Waals surface area contributed by atoms with Gasteiger partial charge in [-0.25, -0.2) is 8.78 Å². The molecule has 0 saturated heterocycles. The van der Waals surface area contributed by atoms with Gasteiger partial charge in [0, 0.05) is 12.6 Å². The minimum Gasteiger partial charge on any atom is -0.329 e. The van der Waals surface area contributed by atoms with Gasteiger partial charge in [-0.1, -0.05) is 13.0 Å². The Morgan fingerprint density at radius 2 is 2.12 bits per heavy atom. The molecular formula is C13H18F2N2. The second kappa shape index (κ2) is 5.10. The molecule has 1 saturated carbocycles.